The lowest BCUT2D eigenvalue weighted by atomic mass is 9.94. The van der Waals surface area contributed by atoms with E-state index in [-0.39, 0.29) is 18.3 Å². The minimum absolute atomic E-state index is 0.164. The summed E-state index contributed by atoms with van der Waals surface area (Å²) in [5, 5.41) is 3.36. The van der Waals surface area contributed by atoms with Crippen molar-refractivity contribution in [3.8, 4) is 11.5 Å². The van der Waals surface area contributed by atoms with Crippen LogP contribution in [0.15, 0.2) is 30.3 Å². The molecule has 2 aromatic rings. The first kappa shape index (κ1) is 31.0. The summed E-state index contributed by atoms with van der Waals surface area (Å²) >= 11 is 0. The molecule has 3 heterocycles. The highest BCUT2D eigenvalue weighted by atomic mass is 19.1. The molecular formula is C31H44FN3O6. The zero-order valence-corrected chi connectivity index (χ0v) is 24.6. The van der Waals surface area contributed by atoms with Gasteiger partial charge in [0, 0.05) is 58.1 Å². The van der Waals surface area contributed by atoms with E-state index in [4.69, 9.17) is 28.7 Å². The Balaban J connectivity index is 1.43. The van der Waals surface area contributed by atoms with Crippen LogP contribution < -0.4 is 14.8 Å². The maximum Gasteiger partial charge on any atom is 0.306 e. The SMILES string of the molecule is COCCOc1cc(OCCOC)cc(C(CC(=O)OC)CN2CC[C@@](F)(CCc3ccc4c(n3)NCCC4)C2)c1. The zero-order chi connectivity index (χ0) is 29.1. The van der Waals surface area contributed by atoms with Crippen molar-refractivity contribution in [1.29, 1.82) is 0 Å². The van der Waals surface area contributed by atoms with Crippen LogP contribution in [-0.4, -0.2) is 95.5 Å². The van der Waals surface area contributed by atoms with Crippen LogP contribution in [0.3, 0.4) is 0 Å². The number of ether oxygens (including phenoxy) is 5. The number of esters is 1. The molecule has 1 unspecified atom stereocenters. The van der Waals surface area contributed by atoms with Gasteiger partial charge in [0.15, 0.2) is 0 Å². The van der Waals surface area contributed by atoms with Gasteiger partial charge in [0.05, 0.1) is 26.7 Å². The topological polar surface area (TPSA) is 91.4 Å². The third-order valence-electron chi connectivity index (χ3n) is 7.77. The lowest BCUT2D eigenvalue weighted by Gasteiger charge is -2.26. The number of aromatic nitrogens is 1. The molecule has 4 rings (SSSR count). The Kier molecular flexibility index (Phi) is 11.6. The summed E-state index contributed by atoms with van der Waals surface area (Å²) < 4.78 is 43.0. The molecule has 1 N–H and O–H groups in total. The van der Waals surface area contributed by atoms with Gasteiger partial charge in [0.2, 0.25) is 0 Å². The predicted molar refractivity (Wildman–Crippen MR) is 155 cm³/mol. The monoisotopic (exact) mass is 573 g/mol. The highest BCUT2D eigenvalue weighted by Crippen LogP contribution is 2.35. The van der Waals surface area contributed by atoms with Crippen LogP contribution >= 0.6 is 0 Å². The van der Waals surface area contributed by atoms with Gasteiger partial charge in [-0.1, -0.05) is 6.07 Å². The average Bonchev–Trinajstić information content (AvgIpc) is 3.36. The van der Waals surface area contributed by atoms with Crippen molar-refractivity contribution in [2.24, 2.45) is 0 Å². The molecule has 1 saturated heterocycles. The van der Waals surface area contributed by atoms with Gasteiger partial charge in [-0.3, -0.25) is 9.69 Å². The number of halogens is 1. The van der Waals surface area contributed by atoms with Crippen molar-refractivity contribution in [2.45, 2.75) is 50.1 Å². The highest BCUT2D eigenvalue weighted by molar-refractivity contribution is 5.70. The number of hydrogen-bond donors (Lipinski definition) is 1. The second-order valence-electron chi connectivity index (χ2n) is 10.9. The number of aryl methyl sites for hydroxylation is 2. The summed E-state index contributed by atoms with van der Waals surface area (Å²) in [6.07, 6.45) is 3.77. The van der Waals surface area contributed by atoms with Crippen LogP contribution in [0.5, 0.6) is 11.5 Å². The molecule has 9 nitrogen and oxygen atoms in total. The number of rotatable bonds is 16. The first-order valence-electron chi connectivity index (χ1n) is 14.5. The quantitative estimate of drug-likeness (QED) is 0.235. The molecule has 0 radical (unpaired) electrons. The molecule has 1 fully saturated rings. The second kappa shape index (κ2) is 15.3. The summed E-state index contributed by atoms with van der Waals surface area (Å²) in [5.74, 6) is 1.64. The van der Waals surface area contributed by atoms with Gasteiger partial charge in [-0.2, -0.15) is 0 Å². The van der Waals surface area contributed by atoms with Gasteiger partial charge >= 0.3 is 5.97 Å². The standard InChI is InChI=1S/C31H44FN3O6/c1-37-13-15-40-27-17-24(18-28(20-27)41-16-14-38-2)25(19-29(36)39-3)21-35-12-10-31(32,22-35)9-8-26-7-6-23-5-4-11-33-30(23)34-26/h6-7,17-18,20,25H,4-5,8-16,19,21-22H2,1-3H3,(H,33,34)/t25?,31-/m0/s1. The normalized spacial score (nSPS) is 19.3. The number of carbonyl (C=O) groups excluding carboxylic acids is 1. The first-order valence-corrected chi connectivity index (χ1v) is 14.5. The van der Waals surface area contributed by atoms with Gasteiger partial charge in [-0.15, -0.1) is 0 Å². The summed E-state index contributed by atoms with van der Waals surface area (Å²) in [5.41, 5.74) is 1.72. The fourth-order valence-corrected chi connectivity index (χ4v) is 5.50. The molecule has 2 atom stereocenters. The molecule has 1 aromatic carbocycles. The van der Waals surface area contributed by atoms with Crippen LogP contribution in [0.2, 0.25) is 0 Å². The Morgan fingerprint density at radius 2 is 1.80 bits per heavy atom. The lowest BCUT2D eigenvalue weighted by molar-refractivity contribution is -0.141. The fraction of sp³-hybridized carbons (Fsp3) is 0.613. The van der Waals surface area contributed by atoms with E-state index in [0.29, 0.717) is 76.8 Å². The number of fused-ring (bicyclic) bond motifs is 1. The Hall–Kier alpha value is -2.95. The van der Waals surface area contributed by atoms with E-state index in [1.54, 1.807) is 14.2 Å². The van der Waals surface area contributed by atoms with E-state index in [1.807, 2.05) is 24.3 Å². The number of hydrogen-bond acceptors (Lipinski definition) is 9. The zero-order valence-electron chi connectivity index (χ0n) is 24.6. The molecule has 2 aliphatic heterocycles. The molecule has 10 heteroatoms. The molecule has 226 valence electrons. The van der Waals surface area contributed by atoms with Crippen molar-refractivity contribution >= 4 is 11.8 Å². The number of methoxy groups -OCH3 is 3. The molecule has 0 amide bonds. The maximum absolute atomic E-state index is 16.0. The lowest BCUT2D eigenvalue weighted by Crippen LogP contribution is -2.33. The van der Waals surface area contributed by atoms with Crippen LogP contribution in [-0.2, 0) is 31.8 Å². The van der Waals surface area contributed by atoms with Crippen molar-refractivity contribution in [1.82, 2.24) is 9.88 Å². The Morgan fingerprint density at radius 1 is 1.07 bits per heavy atom. The fourth-order valence-electron chi connectivity index (χ4n) is 5.50. The number of pyridine rings is 1. The van der Waals surface area contributed by atoms with Crippen molar-refractivity contribution in [3.05, 3.63) is 47.2 Å². The van der Waals surface area contributed by atoms with Gasteiger partial charge in [-0.05, 0) is 61.4 Å². The molecule has 1 aromatic heterocycles. The number of nitrogens with zero attached hydrogens (tertiary/aromatic N) is 2. The summed E-state index contributed by atoms with van der Waals surface area (Å²) in [6, 6.07) is 9.80. The largest absolute Gasteiger partial charge is 0.491 e. The van der Waals surface area contributed by atoms with E-state index in [2.05, 4.69) is 16.3 Å². The minimum atomic E-state index is -1.31. The summed E-state index contributed by atoms with van der Waals surface area (Å²) in [4.78, 5) is 19.3. The molecule has 0 bridgehead atoms. The van der Waals surface area contributed by atoms with E-state index < -0.39 is 5.67 Å². The molecule has 0 saturated carbocycles. The Bertz CT molecular complexity index is 1110. The first-order chi connectivity index (χ1) is 19.9. The van der Waals surface area contributed by atoms with Crippen LogP contribution in [0.4, 0.5) is 10.2 Å². The number of carbonyl (C=O) groups is 1. The maximum atomic E-state index is 16.0. The third kappa shape index (κ3) is 9.28. The average molecular weight is 574 g/mol. The summed E-state index contributed by atoms with van der Waals surface area (Å²) in [6.45, 7) is 4.03. The van der Waals surface area contributed by atoms with Gasteiger partial charge in [-0.25, -0.2) is 9.37 Å². The van der Waals surface area contributed by atoms with Gasteiger partial charge < -0.3 is 29.0 Å². The smallest absolute Gasteiger partial charge is 0.306 e. The number of benzene rings is 1. The third-order valence-corrected chi connectivity index (χ3v) is 7.77. The Morgan fingerprint density at radius 3 is 2.49 bits per heavy atom. The number of anilines is 1. The van der Waals surface area contributed by atoms with E-state index in [0.717, 1.165) is 36.5 Å². The van der Waals surface area contributed by atoms with Crippen LogP contribution in [0.25, 0.3) is 0 Å². The number of likely N-dealkylation sites (tertiary alicyclic amines) is 1. The molecule has 0 spiro atoms. The number of nitrogens with one attached hydrogen (secondary N) is 1. The number of alkyl halides is 1. The van der Waals surface area contributed by atoms with Gasteiger partial charge in [0.25, 0.3) is 0 Å². The van der Waals surface area contributed by atoms with Crippen LogP contribution in [0, 0.1) is 0 Å². The second-order valence-corrected chi connectivity index (χ2v) is 10.9. The molecular weight excluding hydrogens is 529 g/mol. The highest BCUT2D eigenvalue weighted by Gasteiger charge is 2.39. The molecule has 2 aliphatic rings. The van der Waals surface area contributed by atoms with Crippen molar-refractivity contribution < 1.29 is 32.9 Å². The minimum Gasteiger partial charge on any atom is -0.491 e. The Labute approximate surface area is 242 Å². The predicted octanol–water partition coefficient (Wildman–Crippen LogP) is 4.18. The van der Waals surface area contributed by atoms with E-state index in [1.165, 1.54) is 12.7 Å². The van der Waals surface area contributed by atoms with Gasteiger partial charge in [0.1, 0.15) is 36.2 Å². The van der Waals surface area contributed by atoms with Crippen molar-refractivity contribution in [3.63, 3.8) is 0 Å². The molecule has 0 aliphatic carbocycles. The van der Waals surface area contributed by atoms with Crippen molar-refractivity contribution in [2.75, 3.05) is 79.3 Å². The van der Waals surface area contributed by atoms with E-state index in [9.17, 15) is 4.79 Å². The van der Waals surface area contributed by atoms with Crippen LogP contribution in [0.1, 0.15) is 48.4 Å². The molecule has 41 heavy (non-hydrogen) atoms. The summed E-state index contributed by atoms with van der Waals surface area (Å²) in [7, 11) is 4.62. The van der Waals surface area contributed by atoms with E-state index >= 15 is 4.39 Å².